The van der Waals surface area contributed by atoms with E-state index in [1.807, 2.05) is 0 Å². The number of carboxylic acids is 1. The number of rotatable bonds is 4. The van der Waals surface area contributed by atoms with E-state index in [4.69, 9.17) is 16.7 Å². The fourth-order valence-corrected chi connectivity index (χ4v) is 2.26. The molecule has 0 saturated carbocycles. The summed E-state index contributed by atoms with van der Waals surface area (Å²) in [4.78, 5) is 10.3. The third kappa shape index (κ3) is 3.60. The molecule has 15 heavy (non-hydrogen) atoms. The molecule has 0 aromatic heterocycles. The summed E-state index contributed by atoms with van der Waals surface area (Å²) in [5.41, 5.74) is 0.358. The number of hydrogen-bond acceptors (Lipinski definition) is 2. The maximum Gasteiger partial charge on any atom is 0.316 e. The van der Waals surface area contributed by atoms with Crippen LogP contribution >= 0.6 is 11.6 Å². The highest BCUT2D eigenvalue weighted by Crippen LogP contribution is 2.20. The molecule has 0 heterocycles. The molecule has 1 unspecified atom stereocenters. The largest absolute Gasteiger partial charge is 0.481 e. The van der Waals surface area contributed by atoms with Crippen LogP contribution in [0.4, 0.5) is 4.39 Å². The van der Waals surface area contributed by atoms with E-state index in [0.717, 1.165) is 0 Å². The zero-order valence-electron chi connectivity index (χ0n) is 7.57. The zero-order valence-corrected chi connectivity index (χ0v) is 9.15. The van der Waals surface area contributed by atoms with E-state index in [2.05, 4.69) is 0 Å². The zero-order chi connectivity index (χ0) is 11.4. The second-order valence-electron chi connectivity index (χ2n) is 2.84. The van der Waals surface area contributed by atoms with Crippen molar-refractivity contribution < 1.29 is 18.5 Å². The highest BCUT2D eigenvalue weighted by molar-refractivity contribution is 7.84. The van der Waals surface area contributed by atoms with E-state index in [-0.39, 0.29) is 10.8 Å². The maximum atomic E-state index is 12.9. The van der Waals surface area contributed by atoms with Gasteiger partial charge >= 0.3 is 5.97 Å². The molecule has 0 spiro atoms. The van der Waals surface area contributed by atoms with Crippen LogP contribution in [0.25, 0.3) is 0 Å². The Kier molecular flexibility index (Phi) is 4.23. The molecule has 1 atom stereocenters. The summed E-state index contributed by atoms with van der Waals surface area (Å²) in [6.07, 6.45) is 0. The van der Waals surface area contributed by atoms with Crippen LogP contribution in [-0.2, 0) is 21.3 Å². The number of carboxylic acid groups (broad SMARTS) is 1. The Labute approximate surface area is 93.3 Å². The van der Waals surface area contributed by atoms with Crippen molar-refractivity contribution in [2.45, 2.75) is 5.75 Å². The van der Waals surface area contributed by atoms with E-state index in [1.54, 1.807) is 0 Å². The minimum Gasteiger partial charge on any atom is -0.481 e. The number of aliphatic carboxylic acids is 1. The van der Waals surface area contributed by atoms with Crippen molar-refractivity contribution in [2.75, 3.05) is 5.75 Å². The summed E-state index contributed by atoms with van der Waals surface area (Å²) in [7, 11) is -1.57. The normalized spacial score (nSPS) is 12.4. The van der Waals surface area contributed by atoms with E-state index in [9.17, 15) is 13.4 Å². The molecule has 0 aliphatic carbocycles. The lowest BCUT2D eigenvalue weighted by atomic mass is 10.2. The molecule has 0 fully saturated rings. The molecular formula is C9H8ClFO3S. The summed E-state index contributed by atoms with van der Waals surface area (Å²) in [6, 6.07) is 4.14. The van der Waals surface area contributed by atoms with E-state index in [1.165, 1.54) is 18.2 Å². The van der Waals surface area contributed by atoms with Crippen LogP contribution in [0, 0.1) is 5.82 Å². The third-order valence-corrected chi connectivity index (χ3v) is 3.26. The fraction of sp³-hybridized carbons (Fsp3) is 0.222. The van der Waals surface area contributed by atoms with Gasteiger partial charge in [0.25, 0.3) is 0 Å². The summed E-state index contributed by atoms with van der Waals surface area (Å²) < 4.78 is 24.2. The van der Waals surface area contributed by atoms with Gasteiger partial charge in [0.05, 0.1) is 10.8 Å². The molecule has 1 aromatic rings. The fourth-order valence-electron chi connectivity index (χ4n) is 1.02. The minimum absolute atomic E-state index is 0.0527. The van der Waals surface area contributed by atoms with Crippen molar-refractivity contribution in [3.8, 4) is 0 Å². The van der Waals surface area contributed by atoms with Crippen LogP contribution in [-0.4, -0.2) is 21.0 Å². The second-order valence-corrected chi connectivity index (χ2v) is 4.67. The quantitative estimate of drug-likeness (QED) is 0.887. The van der Waals surface area contributed by atoms with Crippen LogP contribution < -0.4 is 0 Å². The first-order valence-electron chi connectivity index (χ1n) is 4.00. The standard InChI is InChI=1S/C9H8ClFO3S/c10-9-6(2-1-3-7(9)11)4-15(14)5-8(12)13/h1-3H,4-5H2,(H,12,13). The first kappa shape index (κ1) is 12.1. The third-order valence-electron chi connectivity index (χ3n) is 1.63. The lowest BCUT2D eigenvalue weighted by Gasteiger charge is -2.03. The molecule has 0 bridgehead atoms. The Balaban J connectivity index is 2.77. The van der Waals surface area contributed by atoms with E-state index < -0.39 is 28.3 Å². The second kappa shape index (κ2) is 5.23. The van der Waals surface area contributed by atoms with Gasteiger partial charge in [-0.25, -0.2) is 4.39 Å². The van der Waals surface area contributed by atoms with Crippen molar-refractivity contribution in [2.24, 2.45) is 0 Å². The number of hydrogen-bond donors (Lipinski definition) is 1. The molecule has 1 N–H and O–H groups in total. The molecule has 0 radical (unpaired) electrons. The first-order valence-corrected chi connectivity index (χ1v) is 5.87. The van der Waals surface area contributed by atoms with Crippen molar-refractivity contribution in [1.82, 2.24) is 0 Å². The Morgan fingerprint density at radius 1 is 1.53 bits per heavy atom. The van der Waals surface area contributed by atoms with Crippen LogP contribution in [0.2, 0.25) is 5.02 Å². The van der Waals surface area contributed by atoms with Gasteiger partial charge in [-0.05, 0) is 11.6 Å². The average molecular weight is 251 g/mol. The molecule has 6 heteroatoms. The van der Waals surface area contributed by atoms with Gasteiger partial charge in [0, 0.05) is 10.8 Å². The predicted octanol–water partition coefficient (Wildman–Crippen LogP) is 1.81. The van der Waals surface area contributed by atoms with Crippen LogP contribution in [0.5, 0.6) is 0 Å². The van der Waals surface area contributed by atoms with Crippen molar-refractivity contribution >= 4 is 28.4 Å². The SMILES string of the molecule is O=C(O)CS(=O)Cc1cccc(F)c1Cl. The summed E-state index contributed by atoms with van der Waals surface area (Å²) >= 11 is 5.62. The van der Waals surface area contributed by atoms with Gasteiger partial charge in [-0.3, -0.25) is 9.00 Å². The monoisotopic (exact) mass is 250 g/mol. The Bertz CT molecular complexity index is 408. The van der Waals surface area contributed by atoms with Gasteiger partial charge in [0.2, 0.25) is 0 Å². The first-order chi connectivity index (χ1) is 7.00. The van der Waals surface area contributed by atoms with Gasteiger partial charge in [-0.1, -0.05) is 23.7 Å². The van der Waals surface area contributed by atoms with Crippen LogP contribution in [0.1, 0.15) is 5.56 Å². The summed E-state index contributed by atoms with van der Waals surface area (Å²) in [6.45, 7) is 0. The Morgan fingerprint density at radius 3 is 2.80 bits per heavy atom. The van der Waals surface area contributed by atoms with E-state index >= 15 is 0 Å². The smallest absolute Gasteiger partial charge is 0.316 e. The molecule has 0 aliphatic rings. The maximum absolute atomic E-state index is 12.9. The molecule has 0 aliphatic heterocycles. The molecule has 3 nitrogen and oxygen atoms in total. The molecule has 0 amide bonds. The Morgan fingerprint density at radius 2 is 2.20 bits per heavy atom. The topological polar surface area (TPSA) is 54.4 Å². The van der Waals surface area contributed by atoms with Crippen molar-refractivity contribution in [3.63, 3.8) is 0 Å². The van der Waals surface area contributed by atoms with Gasteiger partial charge in [0.1, 0.15) is 11.6 Å². The molecule has 0 saturated heterocycles. The van der Waals surface area contributed by atoms with Crippen LogP contribution in [0.15, 0.2) is 18.2 Å². The number of halogens is 2. The van der Waals surface area contributed by atoms with E-state index in [0.29, 0.717) is 5.56 Å². The van der Waals surface area contributed by atoms with Gasteiger partial charge < -0.3 is 5.11 Å². The van der Waals surface area contributed by atoms with Gasteiger partial charge in [0.15, 0.2) is 0 Å². The molecule has 1 aromatic carbocycles. The van der Waals surface area contributed by atoms with Gasteiger partial charge in [-0.2, -0.15) is 0 Å². The van der Waals surface area contributed by atoms with Gasteiger partial charge in [-0.15, -0.1) is 0 Å². The molecule has 82 valence electrons. The van der Waals surface area contributed by atoms with Crippen LogP contribution in [0.3, 0.4) is 0 Å². The predicted molar refractivity (Wildman–Crippen MR) is 55.8 cm³/mol. The summed E-state index contributed by atoms with van der Waals surface area (Å²) in [5.74, 6) is -2.27. The molecule has 1 rings (SSSR count). The van der Waals surface area contributed by atoms with Crippen molar-refractivity contribution in [1.29, 1.82) is 0 Å². The number of benzene rings is 1. The lowest BCUT2D eigenvalue weighted by molar-refractivity contribution is -0.133. The van der Waals surface area contributed by atoms with Crippen molar-refractivity contribution in [3.05, 3.63) is 34.6 Å². The molecular weight excluding hydrogens is 243 g/mol. The lowest BCUT2D eigenvalue weighted by Crippen LogP contribution is -2.11. The average Bonchev–Trinajstić information content (AvgIpc) is 2.11. The summed E-state index contributed by atoms with van der Waals surface area (Å²) in [5, 5.41) is 8.28. The minimum atomic E-state index is -1.57. The highest BCUT2D eigenvalue weighted by atomic mass is 35.5. The highest BCUT2D eigenvalue weighted by Gasteiger charge is 2.11. The Hall–Kier alpha value is -0.940. The number of carbonyl (C=O) groups is 1.